The number of Topliss-reactive ketones (excluding diaryl/α,β-unsaturated/α-hetero) is 1. The van der Waals surface area contributed by atoms with Crippen LogP contribution in [-0.4, -0.2) is 63.1 Å². The Morgan fingerprint density at radius 1 is 1.22 bits per heavy atom. The van der Waals surface area contributed by atoms with E-state index in [2.05, 4.69) is 0 Å². The number of carbonyl (C=O) groups excluding carboxylic acids is 3. The highest BCUT2D eigenvalue weighted by Crippen LogP contribution is 2.75. The lowest BCUT2D eigenvalue weighted by atomic mass is 9.59. The van der Waals surface area contributed by atoms with Crippen molar-refractivity contribution in [3.8, 4) is 0 Å². The number of esters is 2. The zero-order valence-electron chi connectivity index (χ0n) is 22.8. The molecule has 8 heteroatoms. The van der Waals surface area contributed by atoms with Crippen LogP contribution in [0.5, 0.6) is 0 Å². The van der Waals surface area contributed by atoms with Crippen molar-refractivity contribution < 1.29 is 39.2 Å². The van der Waals surface area contributed by atoms with Gasteiger partial charge < -0.3 is 24.8 Å². The molecule has 1 spiro atoms. The summed E-state index contributed by atoms with van der Waals surface area (Å²) < 4.78 is 11.6. The van der Waals surface area contributed by atoms with Gasteiger partial charge in [0.25, 0.3) is 0 Å². The zero-order chi connectivity index (χ0) is 27.7. The molecule has 0 heterocycles. The summed E-state index contributed by atoms with van der Waals surface area (Å²) in [5, 5.41) is 35.0. The van der Waals surface area contributed by atoms with Crippen LogP contribution in [-0.2, 0) is 23.9 Å². The third-order valence-electron chi connectivity index (χ3n) is 9.75. The molecule has 0 amide bonds. The molecule has 0 aromatic carbocycles. The van der Waals surface area contributed by atoms with E-state index in [0.717, 1.165) is 0 Å². The van der Waals surface area contributed by atoms with Gasteiger partial charge in [0.1, 0.15) is 30.0 Å². The van der Waals surface area contributed by atoms with E-state index in [4.69, 9.17) is 9.47 Å². The molecule has 3 N–H and O–H groups in total. The van der Waals surface area contributed by atoms with Gasteiger partial charge in [-0.25, -0.2) is 4.79 Å². The third-order valence-corrected chi connectivity index (χ3v) is 9.75. The van der Waals surface area contributed by atoms with Crippen LogP contribution >= 0.6 is 0 Å². The van der Waals surface area contributed by atoms with Gasteiger partial charge in [-0.3, -0.25) is 9.59 Å². The van der Waals surface area contributed by atoms with Crippen molar-refractivity contribution in [2.24, 2.45) is 28.6 Å². The lowest BCUT2D eigenvalue weighted by molar-refractivity contribution is -0.192. The number of hydrogen-bond acceptors (Lipinski definition) is 8. The van der Waals surface area contributed by atoms with Crippen LogP contribution in [0.25, 0.3) is 0 Å². The molecule has 0 aromatic heterocycles. The molecule has 2 bridgehead atoms. The molecule has 8 nitrogen and oxygen atoms in total. The Morgan fingerprint density at radius 3 is 2.46 bits per heavy atom. The molecule has 0 unspecified atom stereocenters. The monoisotopic (exact) mass is 516 g/mol. The molecule has 2 fully saturated rings. The van der Waals surface area contributed by atoms with Crippen molar-refractivity contribution in [2.75, 3.05) is 6.61 Å². The topological polar surface area (TPSA) is 130 Å². The number of fused-ring (bicyclic) bond motifs is 3. The van der Waals surface area contributed by atoms with Gasteiger partial charge in [0, 0.05) is 29.2 Å². The Labute approximate surface area is 218 Å². The summed E-state index contributed by atoms with van der Waals surface area (Å²) in [6.07, 6.45) is 2.80. The fourth-order valence-corrected chi connectivity index (χ4v) is 7.56. The van der Waals surface area contributed by atoms with E-state index < -0.39 is 58.0 Å². The van der Waals surface area contributed by atoms with Crippen LogP contribution in [0.3, 0.4) is 0 Å². The van der Waals surface area contributed by atoms with Gasteiger partial charge >= 0.3 is 11.9 Å². The zero-order valence-corrected chi connectivity index (χ0v) is 22.8. The van der Waals surface area contributed by atoms with Gasteiger partial charge in [-0.15, -0.1) is 0 Å². The highest BCUT2D eigenvalue weighted by Gasteiger charge is 2.83. The predicted molar refractivity (Wildman–Crippen MR) is 135 cm³/mol. The Kier molecular flexibility index (Phi) is 6.66. The Balaban J connectivity index is 1.88. The summed E-state index contributed by atoms with van der Waals surface area (Å²) in [5.74, 6) is -3.05. The average Bonchev–Trinajstić information content (AvgIpc) is 3.25. The summed E-state index contributed by atoms with van der Waals surface area (Å²) in [5.41, 5.74) is -4.47. The first-order valence-electron chi connectivity index (χ1n) is 13.2. The number of hydrogen-bond donors (Lipinski definition) is 3. The largest absolute Gasteiger partial charge is 0.458 e. The lowest BCUT2D eigenvalue weighted by Crippen LogP contribution is -2.65. The lowest BCUT2D eigenvalue weighted by Gasteiger charge is -2.48. The SMILES string of the molecule is C/C=C(\C)C(=O)OCC1=C[C@@H]2C(=O)[C@]3(C=C(C)[C@H](O)[C@@]3(O)[C@@H]1O)[C@H](C)C[C@]1(OC(=O)CCC)[C@H]2C1(C)C. The van der Waals surface area contributed by atoms with Crippen molar-refractivity contribution in [2.45, 2.75) is 91.1 Å². The first kappa shape index (κ1) is 27.7. The van der Waals surface area contributed by atoms with Gasteiger partial charge in [-0.05, 0) is 50.7 Å². The van der Waals surface area contributed by atoms with Crippen LogP contribution in [0.15, 0.2) is 34.9 Å². The van der Waals surface area contributed by atoms with Gasteiger partial charge in [0.2, 0.25) is 0 Å². The van der Waals surface area contributed by atoms with Gasteiger partial charge in [-0.1, -0.05) is 45.9 Å². The Bertz CT molecular complexity index is 1110. The minimum atomic E-state index is -2.27. The van der Waals surface area contributed by atoms with E-state index in [1.807, 2.05) is 20.8 Å². The van der Waals surface area contributed by atoms with Crippen molar-refractivity contribution in [3.05, 3.63) is 34.9 Å². The molecule has 0 aliphatic heterocycles. The molecule has 204 valence electrons. The molecule has 0 radical (unpaired) electrons. The molecule has 2 saturated carbocycles. The normalized spacial score (nSPS) is 41.9. The van der Waals surface area contributed by atoms with Gasteiger partial charge in [0.15, 0.2) is 5.78 Å². The third kappa shape index (κ3) is 3.48. The fourth-order valence-electron chi connectivity index (χ4n) is 7.56. The van der Waals surface area contributed by atoms with Gasteiger partial charge in [-0.2, -0.15) is 0 Å². The molecule has 0 saturated heterocycles. The van der Waals surface area contributed by atoms with E-state index in [1.54, 1.807) is 45.9 Å². The van der Waals surface area contributed by atoms with Crippen LogP contribution in [0.4, 0.5) is 0 Å². The van der Waals surface area contributed by atoms with E-state index in [0.29, 0.717) is 24.0 Å². The van der Waals surface area contributed by atoms with Crippen molar-refractivity contribution >= 4 is 17.7 Å². The van der Waals surface area contributed by atoms with Crippen LogP contribution < -0.4 is 0 Å². The highest BCUT2D eigenvalue weighted by molar-refractivity contribution is 5.96. The van der Waals surface area contributed by atoms with Crippen molar-refractivity contribution in [1.82, 2.24) is 0 Å². The number of aliphatic hydroxyl groups excluding tert-OH is 2. The summed E-state index contributed by atoms with van der Waals surface area (Å²) in [6.45, 7) is 12.2. The molecule has 4 aliphatic rings. The Morgan fingerprint density at radius 2 is 1.86 bits per heavy atom. The molecule has 8 atom stereocenters. The fraction of sp³-hybridized carbons (Fsp3) is 0.690. The number of rotatable bonds is 6. The molecule has 4 rings (SSSR count). The maximum absolute atomic E-state index is 14.5. The number of ether oxygens (including phenoxy) is 2. The van der Waals surface area contributed by atoms with Crippen LogP contribution in [0.2, 0.25) is 0 Å². The number of carbonyl (C=O) groups is 3. The summed E-state index contributed by atoms with van der Waals surface area (Å²) in [4.78, 5) is 39.6. The van der Waals surface area contributed by atoms with Crippen LogP contribution in [0, 0.1) is 28.6 Å². The Hall–Kier alpha value is -2.29. The molecule has 0 aromatic rings. The van der Waals surface area contributed by atoms with Crippen molar-refractivity contribution in [1.29, 1.82) is 0 Å². The minimum Gasteiger partial charge on any atom is -0.458 e. The predicted octanol–water partition coefficient (Wildman–Crippen LogP) is 2.80. The van der Waals surface area contributed by atoms with E-state index in [-0.39, 0.29) is 30.4 Å². The second kappa shape index (κ2) is 8.89. The van der Waals surface area contributed by atoms with Crippen LogP contribution in [0.1, 0.15) is 67.7 Å². The second-order valence-corrected chi connectivity index (χ2v) is 12.0. The summed E-state index contributed by atoms with van der Waals surface area (Å²) >= 11 is 0. The second-order valence-electron chi connectivity index (χ2n) is 12.0. The van der Waals surface area contributed by atoms with Crippen molar-refractivity contribution in [3.63, 3.8) is 0 Å². The summed E-state index contributed by atoms with van der Waals surface area (Å²) in [7, 11) is 0. The maximum Gasteiger partial charge on any atom is 0.333 e. The first-order chi connectivity index (χ1) is 17.2. The molecule has 4 aliphatic carbocycles. The summed E-state index contributed by atoms with van der Waals surface area (Å²) in [6, 6.07) is 0. The van der Waals surface area contributed by atoms with E-state index in [9.17, 15) is 29.7 Å². The number of ketones is 1. The average molecular weight is 517 g/mol. The highest BCUT2D eigenvalue weighted by atomic mass is 16.6. The smallest absolute Gasteiger partial charge is 0.333 e. The van der Waals surface area contributed by atoms with Gasteiger partial charge in [0.05, 0.1) is 5.41 Å². The number of allylic oxidation sites excluding steroid dienone is 2. The maximum atomic E-state index is 14.5. The quantitative estimate of drug-likeness (QED) is 0.279. The number of aliphatic hydroxyl groups is 3. The van der Waals surface area contributed by atoms with E-state index in [1.165, 1.54) is 0 Å². The standard InChI is InChI=1S/C29H40O8/c1-8-10-20(30)37-28-13-17(5)27-12-16(4)22(31)29(27,35)23(32)18(14-36-25(34)15(3)9-2)11-19(24(27)33)21(28)26(28,6)7/h9,11-12,17,19,21-23,31-32,35H,8,10,13-14H2,1-7H3/b15-9+/t17-,19+,21-,22+,23-,27+,28+,29-/m1/s1. The molecular weight excluding hydrogens is 476 g/mol. The first-order valence-corrected chi connectivity index (χ1v) is 13.2. The minimum absolute atomic E-state index is 0.146. The van der Waals surface area contributed by atoms with E-state index >= 15 is 0 Å². The molecular formula is C29H40O8. The molecule has 37 heavy (non-hydrogen) atoms.